The van der Waals surface area contributed by atoms with Gasteiger partial charge in [-0.1, -0.05) is 43.3 Å². The molecule has 0 radical (unpaired) electrons. The molecular formula is C22H24N2O4. The van der Waals surface area contributed by atoms with Crippen LogP contribution in [0.4, 0.5) is 4.79 Å². The minimum Gasteiger partial charge on any atom is -0.490 e. The second-order valence-electron chi connectivity index (χ2n) is 6.35. The van der Waals surface area contributed by atoms with Gasteiger partial charge < -0.3 is 14.8 Å². The van der Waals surface area contributed by atoms with Gasteiger partial charge in [0.15, 0.2) is 11.5 Å². The molecule has 3 rings (SSSR count). The van der Waals surface area contributed by atoms with Crippen molar-refractivity contribution in [3.8, 4) is 11.5 Å². The minimum absolute atomic E-state index is 0.233. The van der Waals surface area contributed by atoms with Gasteiger partial charge in [-0.2, -0.15) is 0 Å². The second kappa shape index (κ2) is 9.08. The summed E-state index contributed by atoms with van der Waals surface area (Å²) in [4.78, 5) is 26.1. The fraction of sp³-hybridized carbons (Fsp3) is 0.273. The average Bonchev–Trinajstić information content (AvgIpc) is 2.96. The molecule has 0 spiro atoms. The van der Waals surface area contributed by atoms with Gasteiger partial charge in [0.25, 0.3) is 5.91 Å². The molecule has 1 saturated heterocycles. The summed E-state index contributed by atoms with van der Waals surface area (Å²) in [5.41, 5.74) is 1.88. The van der Waals surface area contributed by atoms with E-state index in [1.807, 2.05) is 56.3 Å². The third kappa shape index (κ3) is 4.52. The molecule has 1 aliphatic rings. The highest BCUT2D eigenvalue weighted by molar-refractivity contribution is 6.13. The molecule has 2 aromatic rings. The highest BCUT2D eigenvalue weighted by atomic mass is 16.5. The number of benzene rings is 2. The van der Waals surface area contributed by atoms with Crippen molar-refractivity contribution in [3.63, 3.8) is 0 Å². The lowest BCUT2D eigenvalue weighted by molar-refractivity contribution is -0.123. The first kappa shape index (κ1) is 19.5. The topological polar surface area (TPSA) is 67.9 Å². The number of ether oxygens (including phenoxy) is 2. The van der Waals surface area contributed by atoms with E-state index >= 15 is 0 Å². The first-order valence-electron chi connectivity index (χ1n) is 9.40. The molecule has 6 nitrogen and oxygen atoms in total. The molecule has 1 fully saturated rings. The fourth-order valence-corrected chi connectivity index (χ4v) is 2.86. The first-order chi connectivity index (χ1) is 13.6. The van der Waals surface area contributed by atoms with E-state index in [1.165, 1.54) is 4.90 Å². The number of urea groups is 1. The molecule has 0 aliphatic carbocycles. The predicted octanol–water partition coefficient (Wildman–Crippen LogP) is 3.97. The number of carbonyl (C=O) groups excluding carboxylic acids is 2. The van der Waals surface area contributed by atoms with Crippen molar-refractivity contribution < 1.29 is 19.1 Å². The molecule has 0 aromatic heterocycles. The molecule has 0 bridgehead atoms. The summed E-state index contributed by atoms with van der Waals surface area (Å²) in [5.74, 6) is 0.930. The van der Waals surface area contributed by atoms with Gasteiger partial charge in [-0.05, 0) is 42.7 Å². The van der Waals surface area contributed by atoms with Crippen LogP contribution in [0.2, 0.25) is 0 Å². The fourth-order valence-electron chi connectivity index (χ4n) is 2.86. The molecule has 1 N–H and O–H groups in total. The van der Waals surface area contributed by atoms with Crippen molar-refractivity contribution in [2.45, 2.75) is 26.8 Å². The number of hydrogen-bond donors (Lipinski definition) is 1. The molecule has 0 saturated carbocycles. The van der Waals surface area contributed by atoms with E-state index < -0.39 is 6.03 Å². The second-order valence-corrected chi connectivity index (χ2v) is 6.35. The van der Waals surface area contributed by atoms with E-state index in [0.717, 1.165) is 17.5 Å². The summed E-state index contributed by atoms with van der Waals surface area (Å²) in [6.45, 7) is 5.27. The number of amides is 3. The number of hydrogen-bond acceptors (Lipinski definition) is 4. The maximum Gasteiger partial charge on any atom is 0.329 e. The van der Waals surface area contributed by atoms with E-state index in [2.05, 4.69) is 5.32 Å². The zero-order valence-electron chi connectivity index (χ0n) is 16.1. The van der Waals surface area contributed by atoms with Gasteiger partial charge in [-0.3, -0.25) is 9.69 Å². The van der Waals surface area contributed by atoms with Crippen LogP contribution < -0.4 is 14.8 Å². The Morgan fingerprint density at radius 1 is 1.00 bits per heavy atom. The third-order valence-electron chi connectivity index (χ3n) is 4.19. The zero-order chi connectivity index (χ0) is 19.9. The molecule has 1 aliphatic heterocycles. The van der Waals surface area contributed by atoms with E-state index in [9.17, 15) is 9.59 Å². The highest BCUT2D eigenvalue weighted by Crippen LogP contribution is 2.30. The Hall–Kier alpha value is -3.28. The molecule has 2 aromatic carbocycles. The quantitative estimate of drug-likeness (QED) is 0.556. The number of rotatable bonds is 8. The molecule has 146 valence electrons. The normalized spacial score (nSPS) is 15.1. The van der Waals surface area contributed by atoms with Gasteiger partial charge in [0.1, 0.15) is 5.70 Å². The Balaban J connectivity index is 1.80. The minimum atomic E-state index is -0.423. The molecule has 1 heterocycles. The van der Waals surface area contributed by atoms with Crippen LogP contribution in [-0.2, 0) is 11.3 Å². The Morgan fingerprint density at radius 3 is 2.50 bits per heavy atom. The van der Waals surface area contributed by atoms with Gasteiger partial charge in [0, 0.05) is 0 Å². The van der Waals surface area contributed by atoms with Crippen molar-refractivity contribution in [1.82, 2.24) is 10.2 Å². The standard InChI is InChI=1S/C22H24N2O4/c1-3-12-28-19-11-10-17(14-20(19)27-4-2)13-18-21(25)24(22(26)23-18)15-16-8-6-5-7-9-16/h5-11,13-14H,3-4,12,15H2,1-2H3,(H,23,26)/b18-13-. The summed E-state index contributed by atoms with van der Waals surface area (Å²) >= 11 is 0. The molecule has 28 heavy (non-hydrogen) atoms. The largest absolute Gasteiger partial charge is 0.490 e. The molecule has 0 atom stereocenters. The monoisotopic (exact) mass is 380 g/mol. The van der Waals surface area contributed by atoms with E-state index in [0.29, 0.717) is 24.7 Å². The van der Waals surface area contributed by atoms with Crippen LogP contribution in [0.5, 0.6) is 11.5 Å². The SMILES string of the molecule is CCCOc1ccc(/C=C2\NC(=O)N(Cc3ccccc3)C2=O)cc1OCC. The predicted molar refractivity (Wildman–Crippen MR) is 107 cm³/mol. The molecule has 0 unspecified atom stereocenters. The number of nitrogens with one attached hydrogen (secondary N) is 1. The van der Waals surface area contributed by atoms with Gasteiger partial charge >= 0.3 is 6.03 Å². The van der Waals surface area contributed by atoms with Crippen LogP contribution in [0, 0.1) is 0 Å². The molecule has 3 amide bonds. The number of imide groups is 1. The lowest BCUT2D eigenvalue weighted by Crippen LogP contribution is -2.30. The summed E-state index contributed by atoms with van der Waals surface area (Å²) in [7, 11) is 0. The third-order valence-corrected chi connectivity index (χ3v) is 4.19. The van der Waals surface area contributed by atoms with Crippen molar-refractivity contribution in [2.24, 2.45) is 0 Å². The smallest absolute Gasteiger partial charge is 0.329 e. The maximum absolute atomic E-state index is 12.7. The number of nitrogens with zero attached hydrogens (tertiary/aromatic N) is 1. The highest BCUT2D eigenvalue weighted by Gasteiger charge is 2.33. The Morgan fingerprint density at radius 2 is 1.79 bits per heavy atom. The van der Waals surface area contributed by atoms with Crippen LogP contribution in [0.25, 0.3) is 6.08 Å². The maximum atomic E-state index is 12.7. The zero-order valence-corrected chi connectivity index (χ0v) is 16.1. The van der Waals surface area contributed by atoms with E-state index in [4.69, 9.17) is 9.47 Å². The van der Waals surface area contributed by atoms with Crippen LogP contribution in [0.15, 0.2) is 54.2 Å². The average molecular weight is 380 g/mol. The van der Waals surface area contributed by atoms with Crippen LogP contribution >= 0.6 is 0 Å². The van der Waals surface area contributed by atoms with Gasteiger partial charge in [0.2, 0.25) is 0 Å². The van der Waals surface area contributed by atoms with Crippen LogP contribution in [0.3, 0.4) is 0 Å². The first-order valence-corrected chi connectivity index (χ1v) is 9.40. The Kier molecular flexibility index (Phi) is 6.32. The Bertz CT molecular complexity index is 877. The van der Waals surface area contributed by atoms with Crippen molar-refractivity contribution in [2.75, 3.05) is 13.2 Å². The van der Waals surface area contributed by atoms with E-state index in [1.54, 1.807) is 12.1 Å². The summed E-state index contributed by atoms with van der Waals surface area (Å²) < 4.78 is 11.3. The van der Waals surface area contributed by atoms with Gasteiger partial charge in [0.05, 0.1) is 19.8 Å². The molecular weight excluding hydrogens is 356 g/mol. The summed E-state index contributed by atoms with van der Waals surface area (Å²) in [5, 5.41) is 2.65. The summed E-state index contributed by atoms with van der Waals surface area (Å²) in [6, 6.07) is 14.4. The lowest BCUT2D eigenvalue weighted by Gasteiger charge is -2.12. The van der Waals surface area contributed by atoms with Crippen molar-refractivity contribution >= 4 is 18.0 Å². The van der Waals surface area contributed by atoms with Gasteiger partial charge in [-0.25, -0.2) is 4.79 Å². The van der Waals surface area contributed by atoms with Crippen molar-refractivity contribution in [1.29, 1.82) is 0 Å². The van der Waals surface area contributed by atoms with Crippen LogP contribution in [0.1, 0.15) is 31.4 Å². The van der Waals surface area contributed by atoms with Gasteiger partial charge in [-0.15, -0.1) is 0 Å². The lowest BCUT2D eigenvalue weighted by atomic mass is 10.1. The molecule has 6 heteroatoms. The summed E-state index contributed by atoms with van der Waals surface area (Å²) in [6.07, 6.45) is 2.55. The van der Waals surface area contributed by atoms with E-state index in [-0.39, 0.29) is 18.1 Å². The number of carbonyl (C=O) groups is 2. The van der Waals surface area contributed by atoms with Crippen LogP contribution in [-0.4, -0.2) is 30.1 Å². The van der Waals surface area contributed by atoms with Crippen molar-refractivity contribution in [3.05, 3.63) is 65.4 Å². The Labute approximate surface area is 164 Å².